The quantitative estimate of drug-likeness (QED) is 0.662. The highest BCUT2D eigenvalue weighted by atomic mass is 32.2. The van der Waals surface area contributed by atoms with E-state index < -0.39 is 10.0 Å². The van der Waals surface area contributed by atoms with E-state index in [1.807, 2.05) is 18.2 Å². The van der Waals surface area contributed by atoms with E-state index in [1.54, 1.807) is 19.2 Å². The van der Waals surface area contributed by atoms with Gasteiger partial charge in [0.15, 0.2) is 5.78 Å². The third-order valence-corrected chi connectivity index (χ3v) is 6.53. The zero-order valence-corrected chi connectivity index (χ0v) is 17.6. The Morgan fingerprint density at radius 3 is 2.48 bits per heavy atom. The van der Waals surface area contributed by atoms with Crippen LogP contribution in [0.5, 0.6) is 5.75 Å². The summed E-state index contributed by atoms with van der Waals surface area (Å²) in [5.41, 5.74) is 1.47. The Morgan fingerprint density at radius 2 is 1.79 bits per heavy atom. The molecule has 1 aliphatic heterocycles. The van der Waals surface area contributed by atoms with Crippen molar-refractivity contribution in [1.29, 1.82) is 0 Å². The van der Waals surface area contributed by atoms with E-state index in [1.165, 1.54) is 19.1 Å². The monoisotopic (exact) mass is 417 g/mol. The second-order valence-corrected chi connectivity index (χ2v) is 8.75. The molecule has 0 atom stereocenters. The zero-order chi connectivity index (χ0) is 20.9. The number of ketones is 1. The number of nitrogens with one attached hydrogen (secondary N) is 1. The molecule has 0 saturated carbocycles. The van der Waals surface area contributed by atoms with E-state index in [0.29, 0.717) is 18.7 Å². The van der Waals surface area contributed by atoms with Gasteiger partial charge in [-0.05, 0) is 31.2 Å². The van der Waals surface area contributed by atoms with Crippen LogP contribution in [0.15, 0.2) is 53.4 Å². The molecule has 1 heterocycles. The standard InChI is InChI=1S/C21H27N3O4S/c1-17(25)18-6-5-7-19(16-18)29(26,27)22-10-11-23-12-14-24(15-13-23)20-8-3-4-9-21(20)28-2/h3-9,16,22H,10-15H2,1-2H3. The lowest BCUT2D eigenvalue weighted by atomic mass is 10.2. The molecule has 8 heteroatoms. The number of hydrogen-bond acceptors (Lipinski definition) is 6. The second kappa shape index (κ2) is 9.39. The summed E-state index contributed by atoms with van der Waals surface area (Å²) in [5.74, 6) is 0.705. The number of nitrogens with zero attached hydrogens (tertiary/aromatic N) is 2. The van der Waals surface area contributed by atoms with Gasteiger partial charge in [-0.2, -0.15) is 0 Å². The van der Waals surface area contributed by atoms with Gasteiger partial charge in [-0.1, -0.05) is 24.3 Å². The summed E-state index contributed by atoms with van der Waals surface area (Å²) in [6.45, 7) is 5.78. The molecular weight excluding hydrogens is 390 g/mol. The topological polar surface area (TPSA) is 79.0 Å². The lowest BCUT2D eigenvalue weighted by molar-refractivity contribution is 0.101. The van der Waals surface area contributed by atoms with E-state index in [2.05, 4.69) is 20.6 Å². The lowest BCUT2D eigenvalue weighted by Crippen LogP contribution is -2.48. The molecule has 2 aromatic rings. The molecule has 1 N–H and O–H groups in total. The van der Waals surface area contributed by atoms with Crippen LogP contribution in [0.2, 0.25) is 0 Å². The number of benzene rings is 2. The van der Waals surface area contributed by atoms with Gasteiger partial charge in [0, 0.05) is 44.8 Å². The van der Waals surface area contributed by atoms with Crippen LogP contribution >= 0.6 is 0 Å². The molecule has 1 saturated heterocycles. The summed E-state index contributed by atoms with van der Waals surface area (Å²) in [7, 11) is -1.96. The third kappa shape index (κ3) is 5.35. The van der Waals surface area contributed by atoms with Gasteiger partial charge in [-0.15, -0.1) is 0 Å². The summed E-state index contributed by atoms with van der Waals surface area (Å²) in [5, 5.41) is 0. The number of sulfonamides is 1. The molecule has 1 fully saturated rings. The van der Waals surface area contributed by atoms with Gasteiger partial charge in [0.2, 0.25) is 10.0 Å². The highest BCUT2D eigenvalue weighted by Crippen LogP contribution is 2.28. The van der Waals surface area contributed by atoms with E-state index in [9.17, 15) is 13.2 Å². The first-order valence-corrected chi connectivity index (χ1v) is 11.1. The maximum atomic E-state index is 12.5. The first-order chi connectivity index (χ1) is 13.9. The number of piperazine rings is 1. The number of methoxy groups -OCH3 is 1. The molecule has 29 heavy (non-hydrogen) atoms. The van der Waals surface area contributed by atoms with Gasteiger partial charge in [0.1, 0.15) is 5.75 Å². The first kappa shape index (κ1) is 21.3. The van der Waals surface area contributed by atoms with Gasteiger partial charge >= 0.3 is 0 Å². The van der Waals surface area contributed by atoms with Gasteiger partial charge in [-0.25, -0.2) is 13.1 Å². The molecule has 1 aliphatic rings. The van der Waals surface area contributed by atoms with E-state index in [-0.39, 0.29) is 10.7 Å². The van der Waals surface area contributed by atoms with Crippen molar-refractivity contribution in [2.75, 3.05) is 51.3 Å². The van der Waals surface area contributed by atoms with Crippen molar-refractivity contribution in [3.8, 4) is 5.75 Å². The third-order valence-electron chi connectivity index (χ3n) is 5.07. The first-order valence-electron chi connectivity index (χ1n) is 9.62. The van der Waals surface area contributed by atoms with E-state index >= 15 is 0 Å². The number of carbonyl (C=O) groups excluding carboxylic acids is 1. The molecule has 3 rings (SSSR count). The normalized spacial score (nSPS) is 15.3. The maximum absolute atomic E-state index is 12.5. The molecule has 2 aromatic carbocycles. The highest BCUT2D eigenvalue weighted by Gasteiger charge is 2.20. The average molecular weight is 418 g/mol. The summed E-state index contributed by atoms with van der Waals surface area (Å²) < 4.78 is 33.1. The largest absolute Gasteiger partial charge is 0.495 e. The molecule has 156 valence electrons. The van der Waals surface area contributed by atoms with Crippen LogP contribution in [0.25, 0.3) is 0 Å². The molecule has 0 aliphatic carbocycles. The Hall–Kier alpha value is -2.42. The molecule has 0 bridgehead atoms. The summed E-state index contributed by atoms with van der Waals surface area (Å²) in [6, 6.07) is 14.1. The number of ether oxygens (including phenoxy) is 1. The van der Waals surface area contributed by atoms with Crippen LogP contribution in [0, 0.1) is 0 Å². The van der Waals surface area contributed by atoms with Crippen LogP contribution < -0.4 is 14.4 Å². The molecule has 0 amide bonds. The minimum Gasteiger partial charge on any atom is -0.495 e. The van der Waals surface area contributed by atoms with Crippen molar-refractivity contribution in [2.45, 2.75) is 11.8 Å². The van der Waals surface area contributed by atoms with Gasteiger partial charge in [0.05, 0.1) is 17.7 Å². The van der Waals surface area contributed by atoms with Crippen molar-refractivity contribution < 1.29 is 17.9 Å². The predicted molar refractivity (Wildman–Crippen MR) is 113 cm³/mol. The molecule has 0 spiro atoms. The summed E-state index contributed by atoms with van der Waals surface area (Å²) in [6.07, 6.45) is 0. The van der Waals surface area contributed by atoms with Crippen LogP contribution in [-0.4, -0.2) is 65.5 Å². The van der Waals surface area contributed by atoms with Crippen LogP contribution in [0.1, 0.15) is 17.3 Å². The molecule has 0 unspecified atom stereocenters. The highest BCUT2D eigenvalue weighted by molar-refractivity contribution is 7.89. The minimum atomic E-state index is -3.64. The van der Waals surface area contributed by atoms with Crippen LogP contribution in [0.3, 0.4) is 0 Å². The molecule has 0 radical (unpaired) electrons. The van der Waals surface area contributed by atoms with Crippen LogP contribution in [-0.2, 0) is 10.0 Å². The molecule has 0 aromatic heterocycles. The van der Waals surface area contributed by atoms with E-state index in [4.69, 9.17) is 4.74 Å². The number of Topliss-reactive ketones (excluding diaryl/α,β-unsaturated/α-hetero) is 1. The Bertz CT molecular complexity index is 954. The van der Waals surface area contributed by atoms with Gasteiger partial charge in [-0.3, -0.25) is 9.69 Å². The smallest absolute Gasteiger partial charge is 0.240 e. The van der Waals surface area contributed by atoms with Crippen LogP contribution in [0.4, 0.5) is 5.69 Å². The van der Waals surface area contributed by atoms with Crippen molar-refractivity contribution in [3.63, 3.8) is 0 Å². The zero-order valence-electron chi connectivity index (χ0n) is 16.8. The van der Waals surface area contributed by atoms with Gasteiger partial charge in [0.25, 0.3) is 0 Å². The number of para-hydroxylation sites is 2. The van der Waals surface area contributed by atoms with Crippen molar-refractivity contribution >= 4 is 21.5 Å². The molecular formula is C21H27N3O4S. The Balaban J connectivity index is 1.50. The lowest BCUT2D eigenvalue weighted by Gasteiger charge is -2.36. The fourth-order valence-corrected chi connectivity index (χ4v) is 4.47. The minimum absolute atomic E-state index is 0.117. The van der Waals surface area contributed by atoms with Crippen molar-refractivity contribution in [3.05, 3.63) is 54.1 Å². The van der Waals surface area contributed by atoms with Crippen molar-refractivity contribution in [1.82, 2.24) is 9.62 Å². The Labute approximate surface area is 172 Å². The Morgan fingerprint density at radius 1 is 1.07 bits per heavy atom. The predicted octanol–water partition coefficient (Wildman–Crippen LogP) is 2.00. The molecule has 7 nitrogen and oxygen atoms in total. The number of anilines is 1. The fourth-order valence-electron chi connectivity index (χ4n) is 3.41. The maximum Gasteiger partial charge on any atom is 0.240 e. The Kier molecular flexibility index (Phi) is 6.89. The number of hydrogen-bond donors (Lipinski definition) is 1. The summed E-state index contributed by atoms with van der Waals surface area (Å²) in [4.78, 5) is 16.1. The van der Waals surface area contributed by atoms with Crippen molar-refractivity contribution in [2.24, 2.45) is 0 Å². The SMILES string of the molecule is COc1ccccc1N1CCN(CCNS(=O)(=O)c2cccc(C(C)=O)c2)CC1. The van der Waals surface area contributed by atoms with E-state index in [0.717, 1.165) is 37.6 Å². The second-order valence-electron chi connectivity index (χ2n) is 6.98. The number of rotatable bonds is 8. The average Bonchev–Trinajstić information content (AvgIpc) is 2.74. The fraction of sp³-hybridized carbons (Fsp3) is 0.381. The number of carbonyl (C=O) groups is 1. The summed E-state index contributed by atoms with van der Waals surface area (Å²) >= 11 is 0. The van der Waals surface area contributed by atoms with Gasteiger partial charge < -0.3 is 9.64 Å².